The molecular weight excluding hydrogens is 260 g/mol. The Balaban J connectivity index is 1.74. The number of hydrogen-bond acceptors (Lipinski definition) is 3. The van der Waals surface area contributed by atoms with Crippen molar-refractivity contribution < 1.29 is 0 Å². The van der Waals surface area contributed by atoms with Crippen molar-refractivity contribution in [3.05, 3.63) is 78.9 Å². The highest BCUT2D eigenvalue weighted by atomic mass is 15.0. The van der Waals surface area contributed by atoms with E-state index in [9.17, 15) is 0 Å². The summed E-state index contributed by atoms with van der Waals surface area (Å²) in [6.45, 7) is 0.936. The monoisotopic (exact) mass is 278 g/mol. The Hall–Kier alpha value is -2.49. The van der Waals surface area contributed by atoms with Crippen LogP contribution in [-0.2, 0) is 19.4 Å². The van der Waals surface area contributed by atoms with E-state index in [2.05, 4.69) is 31.7 Å². The fourth-order valence-electron chi connectivity index (χ4n) is 2.56. The van der Waals surface area contributed by atoms with Gasteiger partial charge in [-0.3, -0.25) is 9.97 Å². The van der Waals surface area contributed by atoms with Crippen LogP contribution in [0.4, 0.5) is 0 Å². The van der Waals surface area contributed by atoms with Crippen molar-refractivity contribution in [1.29, 1.82) is 0 Å². The lowest BCUT2D eigenvalue weighted by Gasteiger charge is -2.17. The molecule has 0 saturated carbocycles. The van der Waals surface area contributed by atoms with Crippen LogP contribution in [-0.4, -0.2) is 19.5 Å². The maximum absolute atomic E-state index is 4.45. The standard InChI is InChI=1S/C17H18N4/c1-2-7-20-17(5-1)11-16(13-21-9-8-19-14-21)10-15-4-3-6-18-12-15/h1-9,12,14,16H,10-11,13H2. The molecule has 0 aliphatic carbocycles. The Kier molecular flexibility index (Phi) is 4.36. The molecule has 1 atom stereocenters. The lowest BCUT2D eigenvalue weighted by Crippen LogP contribution is -2.16. The topological polar surface area (TPSA) is 43.6 Å². The second-order valence-corrected chi connectivity index (χ2v) is 5.22. The van der Waals surface area contributed by atoms with Crippen molar-refractivity contribution in [2.45, 2.75) is 19.4 Å². The van der Waals surface area contributed by atoms with Gasteiger partial charge in [0.2, 0.25) is 0 Å². The van der Waals surface area contributed by atoms with Crippen LogP contribution in [0.25, 0.3) is 0 Å². The van der Waals surface area contributed by atoms with Gasteiger partial charge in [-0.2, -0.15) is 0 Å². The van der Waals surface area contributed by atoms with Crippen LogP contribution in [0.15, 0.2) is 67.6 Å². The molecule has 0 aromatic carbocycles. The molecule has 0 amide bonds. The molecule has 3 aromatic rings. The van der Waals surface area contributed by atoms with Gasteiger partial charge in [0.1, 0.15) is 0 Å². The smallest absolute Gasteiger partial charge is 0.0946 e. The first-order valence-corrected chi connectivity index (χ1v) is 7.15. The van der Waals surface area contributed by atoms with Gasteiger partial charge in [-0.1, -0.05) is 12.1 Å². The Morgan fingerprint density at radius 1 is 0.952 bits per heavy atom. The molecule has 0 bridgehead atoms. The maximum Gasteiger partial charge on any atom is 0.0946 e. The first kappa shape index (κ1) is 13.5. The van der Waals surface area contributed by atoms with E-state index in [4.69, 9.17) is 0 Å². The van der Waals surface area contributed by atoms with E-state index in [0.717, 1.165) is 25.1 Å². The predicted molar refractivity (Wildman–Crippen MR) is 81.6 cm³/mol. The molecule has 1 unspecified atom stereocenters. The number of aromatic nitrogens is 4. The third-order valence-corrected chi connectivity index (χ3v) is 3.50. The summed E-state index contributed by atoms with van der Waals surface area (Å²) < 4.78 is 2.13. The van der Waals surface area contributed by atoms with Crippen molar-refractivity contribution in [1.82, 2.24) is 19.5 Å². The van der Waals surface area contributed by atoms with Gasteiger partial charge in [-0.25, -0.2) is 4.98 Å². The number of nitrogens with zero attached hydrogens (tertiary/aromatic N) is 4. The van der Waals surface area contributed by atoms with Crippen LogP contribution in [0, 0.1) is 5.92 Å². The molecule has 106 valence electrons. The van der Waals surface area contributed by atoms with Gasteiger partial charge in [-0.05, 0) is 42.5 Å². The first-order valence-electron chi connectivity index (χ1n) is 7.15. The van der Waals surface area contributed by atoms with Gasteiger partial charge < -0.3 is 4.57 Å². The normalized spacial score (nSPS) is 12.2. The Morgan fingerprint density at radius 2 is 1.95 bits per heavy atom. The van der Waals surface area contributed by atoms with E-state index in [0.29, 0.717) is 5.92 Å². The van der Waals surface area contributed by atoms with Crippen LogP contribution in [0.2, 0.25) is 0 Å². The molecule has 21 heavy (non-hydrogen) atoms. The van der Waals surface area contributed by atoms with Gasteiger partial charge in [0.05, 0.1) is 6.33 Å². The van der Waals surface area contributed by atoms with E-state index in [1.165, 1.54) is 5.56 Å². The SMILES string of the molecule is c1ccc(CC(Cc2cccnc2)Cn2ccnc2)nc1. The van der Waals surface area contributed by atoms with Gasteiger partial charge >= 0.3 is 0 Å². The molecule has 0 saturated heterocycles. The van der Waals surface area contributed by atoms with E-state index in [-0.39, 0.29) is 0 Å². The first-order chi connectivity index (χ1) is 10.4. The summed E-state index contributed by atoms with van der Waals surface area (Å²) in [4.78, 5) is 12.8. The van der Waals surface area contributed by atoms with Gasteiger partial charge in [0.15, 0.2) is 0 Å². The highest BCUT2D eigenvalue weighted by molar-refractivity contribution is 5.11. The fourth-order valence-corrected chi connectivity index (χ4v) is 2.56. The minimum Gasteiger partial charge on any atom is -0.337 e. The number of imidazole rings is 1. The number of hydrogen-bond donors (Lipinski definition) is 0. The largest absolute Gasteiger partial charge is 0.337 e. The molecule has 4 nitrogen and oxygen atoms in total. The van der Waals surface area contributed by atoms with Crippen LogP contribution in [0.3, 0.4) is 0 Å². The molecule has 0 fully saturated rings. The van der Waals surface area contributed by atoms with E-state index in [1.54, 1.807) is 0 Å². The lowest BCUT2D eigenvalue weighted by molar-refractivity contribution is 0.434. The van der Waals surface area contributed by atoms with Gasteiger partial charge in [-0.15, -0.1) is 0 Å². The van der Waals surface area contributed by atoms with Crippen molar-refractivity contribution in [2.75, 3.05) is 0 Å². The van der Waals surface area contributed by atoms with Crippen LogP contribution < -0.4 is 0 Å². The Labute approximate surface area is 124 Å². The molecule has 0 aliphatic rings. The molecule has 0 spiro atoms. The van der Waals surface area contributed by atoms with Crippen molar-refractivity contribution in [3.63, 3.8) is 0 Å². The number of rotatable bonds is 6. The summed E-state index contributed by atoms with van der Waals surface area (Å²) in [6, 6.07) is 10.2. The third-order valence-electron chi connectivity index (χ3n) is 3.50. The zero-order valence-corrected chi connectivity index (χ0v) is 11.8. The second kappa shape index (κ2) is 6.79. The summed E-state index contributed by atoms with van der Waals surface area (Å²) in [5.74, 6) is 0.471. The van der Waals surface area contributed by atoms with Crippen LogP contribution >= 0.6 is 0 Å². The molecule has 3 rings (SSSR count). The molecule has 0 N–H and O–H groups in total. The molecule has 3 heterocycles. The Bertz CT molecular complexity index is 594. The summed E-state index contributed by atoms with van der Waals surface area (Å²) in [7, 11) is 0. The summed E-state index contributed by atoms with van der Waals surface area (Å²) >= 11 is 0. The highest BCUT2D eigenvalue weighted by Gasteiger charge is 2.12. The van der Waals surface area contributed by atoms with E-state index in [1.807, 2.05) is 55.5 Å². The summed E-state index contributed by atoms with van der Waals surface area (Å²) in [5.41, 5.74) is 2.39. The zero-order chi connectivity index (χ0) is 14.3. The predicted octanol–water partition coefficient (Wildman–Crippen LogP) is 2.77. The lowest BCUT2D eigenvalue weighted by atomic mass is 9.95. The second-order valence-electron chi connectivity index (χ2n) is 5.22. The quantitative estimate of drug-likeness (QED) is 0.696. The molecular formula is C17H18N4. The fraction of sp³-hybridized carbons (Fsp3) is 0.235. The summed E-state index contributed by atoms with van der Waals surface area (Å²) in [5, 5.41) is 0. The van der Waals surface area contributed by atoms with Crippen molar-refractivity contribution in [2.24, 2.45) is 5.92 Å². The minimum atomic E-state index is 0.471. The maximum atomic E-state index is 4.45. The van der Waals surface area contributed by atoms with E-state index < -0.39 is 0 Å². The molecule has 0 radical (unpaired) electrons. The zero-order valence-electron chi connectivity index (χ0n) is 11.8. The Morgan fingerprint density at radius 3 is 2.67 bits per heavy atom. The van der Waals surface area contributed by atoms with Crippen LogP contribution in [0.1, 0.15) is 11.3 Å². The number of pyridine rings is 2. The molecule has 0 aliphatic heterocycles. The third kappa shape index (κ3) is 3.99. The summed E-state index contributed by atoms with van der Waals surface area (Å²) in [6.07, 6.45) is 13.3. The minimum absolute atomic E-state index is 0.471. The average molecular weight is 278 g/mol. The molecule has 3 aromatic heterocycles. The highest BCUT2D eigenvalue weighted by Crippen LogP contribution is 2.15. The average Bonchev–Trinajstić information content (AvgIpc) is 3.02. The van der Waals surface area contributed by atoms with Gasteiger partial charge in [0, 0.05) is 43.2 Å². The van der Waals surface area contributed by atoms with Gasteiger partial charge in [0.25, 0.3) is 0 Å². The van der Waals surface area contributed by atoms with Crippen molar-refractivity contribution >= 4 is 0 Å². The van der Waals surface area contributed by atoms with E-state index >= 15 is 0 Å². The van der Waals surface area contributed by atoms with Crippen LogP contribution in [0.5, 0.6) is 0 Å². The van der Waals surface area contributed by atoms with Crippen molar-refractivity contribution in [3.8, 4) is 0 Å². The molecule has 4 heteroatoms.